The first-order chi connectivity index (χ1) is 8.58. The van der Waals surface area contributed by atoms with Crippen LogP contribution in [-0.2, 0) is 11.3 Å². The quantitative estimate of drug-likeness (QED) is 0.835. The Hall–Kier alpha value is -1.55. The van der Waals surface area contributed by atoms with Crippen molar-refractivity contribution in [3.63, 3.8) is 0 Å². The van der Waals surface area contributed by atoms with Crippen LogP contribution in [0.2, 0.25) is 0 Å². The lowest BCUT2D eigenvalue weighted by molar-refractivity contribution is -0.130. The average molecular weight is 250 g/mol. The van der Waals surface area contributed by atoms with E-state index in [2.05, 4.69) is 13.8 Å². The van der Waals surface area contributed by atoms with Crippen molar-refractivity contribution in [1.29, 1.82) is 0 Å². The monoisotopic (exact) mass is 250 g/mol. The number of carbonyl (C=O) groups excluding carboxylic acids is 1. The van der Waals surface area contributed by atoms with Gasteiger partial charge in [0.25, 0.3) is 0 Å². The summed E-state index contributed by atoms with van der Waals surface area (Å²) in [6.07, 6.45) is 0. The second-order valence-electron chi connectivity index (χ2n) is 4.68. The summed E-state index contributed by atoms with van der Waals surface area (Å²) in [6.45, 7) is 5.45. The first-order valence-corrected chi connectivity index (χ1v) is 6.18. The van der Waals surface area contributed by atoms with Crippen LogP contribution >= 0.6 is 0 Å². The minimum absolute atomic E-state index is 0.0328. The van der Waals surface area contributed by atoms with Gasteiger partial charge in [0.15, 0.2) is 0 Å². The van der Waals surface area contributed by atoms with Crippen molar-refractivity contribution in [2.45, 2.75) is 20.4 Å². The standard InChI is InChI=1S/C14H22N2O2/c1-11(2)9-16(14(17)8-15)10-12-6-4-5-7-13(12)18-3/h4-7,11H,8-10,15H2,1-3H3. The van der Waals surface area contributed by atoms with E-state index in [0.717, 1.165) is 11.3 Å². The molecule has 0 aliphatic rings. The van der Waals surface area contributed by atoms with Crippen LogP contribution in [0.5, 0.6) is 5.75 Å². The van der Waals surface area contributed by atoms with Gasteiger partial charge in [0.2, 0.25) is 5.91 Å². The predicted octanol–water partition coefficient (Wildman–Crippen LogP) is 1.64. The number of nitrogens with zero attached hydrogens (tertiary/aromatic N) is 1. The molecule has 0 aliphatic heterocycles. The number of rotatable bonds is 6. The van der Waals surface area contributed by atoms with Gasteiger partial charge < -0.3 is 15.4 Å². The van der Waals surface area contributed by atoms with E-state index in [1.54, 1.807) is 12.0 Å². The SMILES string of the molecule is COc1ccccc1CN(CC(C)C)C(=O)CN. The molecule has 0 aliphatic carbocycles. The van der Waals surface area contributed by atoms with Gasteiger partial charge in [-0.3, -0.25) is 4.79 Å². The van der Waals surface area contributed by atoms with E-state index in [-0.39, 0.29) is 12.5 Å². The maximum atomic E-state index is 11.8. The Kier molecular flexibility index (Phi) is 5.65. The zero-order valence-electron chi connectivity index (χ0n) is 11.3. The van der Waals surface area contributed by atoms with Crippen LogP contribution in [0.25, 0.3) is 0 Å². The summed E-state index contributed by atoms with van der Waals surface area (Å²) in [5.74, 6) is 1.18. The van der Waals surface area contributed by atoms with Gasteiger partial charge in [0.05, 0.1) is 13.7 Å². The van der Waals surface area contributed by atoms with E-state index < -0.39 is 0 Å². The first-order valence-electron chi connectivity index (χ1n) is 6.18. The number of carbonyl (C=O) groups is 1. The lowest BCUT2D eigenvalue weighted by Gasteiger charge is -2.25. The van der Waals surface area contributed by atoms with Crippen molar-refractivity contribution in [1.82, 2.24) is 4.90 Å². The zero-order chi connectivity index (χ0) is 13.5. The summed E-state index contributed by atoms with van der Waals surface area (Å²) in [7, 11) is 1.64. The molecule has 0 fully saturated rings. The molecule has 1 rings (SSSR count). The number of para-hydroxylation sites is 1. The Morgan fingerprint density at radius 2 is 2.06 bits per heavy atom. The smallest absolute Gasteiger partial charge is 0.236 e. The van der Waals surface area contributed by atoms with E-state index in [4.69, 9.17) is 10.5 Å². The van der Waals surface area contributed by atoms with Crippen LogP contribution in [0, 0.1) is 5.92 Å². The van der Waals surface area contributed by atoms with E-state index in [1.807, 2.05) is 24.3 Å². The number of methoxy groups -OCH3 is 1. The predicted molar refractivity (Wildman–Crippen MR) is 72.3 cm³/mol. The summed E-state index contributed by atoms with van der Waals surface area (Å²) >= 11 is 0. The summed E-state index contributed by atoms with van der Waals surface area (Å²) in [6, 6.07) is 7.73. The van der Waals surface area contributed by atoms with Gasteiger partial charge in [-0.05, 0) is 12.0 Å². The molecular weight excluding hydrogens is 228 g/mol. The van der Waals surface area contributed by atoms with Gasteiger partial charge in [0.1, 0.15) is 5.75 Å². The molecule has 0 unspecified atom stereocenters. The number of amides is 1. The van der Waals surface area contributed by atoms with Gasteiger partial charge >= 0.3 is 0 Å². The largest absolute Gasteiger partial charge is 0.496 e. The van der Waals surface area contributed by atoms with Gasteiger partial charge in [-0.25, -0.2) is 0 Å². The molecule has 4 heteroatoms. The Bertz CT molecular complexity index is 391. The molecule has 18 heavy (non-hydrogen) atoms. The molecule has 0 aromatic heterocycles. The van der Waals surface area contributed by atoms with Crippen molar-refractivity contribution in [2.75, 3.05) is 20.2 Å². The van der Waals surface area contributed by atoms with E-state index in [0.29, 0.717) is 19.0 Å². The molecule has 0 spiro atoms. The maximum Gasteiger partial charge on any atom is 0.236 e. The molecule has 2 N–H and O–H groups in total. The molecular formula is C14H22N2O2. The van der Waals surface area contributed by atoms with E-state index in [1.165, 1.54) is 0 Å². The highest BCUT2D eigenvalue weighted by atomic mass is 16.5. The number of hydrogen-bond acceptors (Lipinski definition) is 3. The van der Waals surface area contributed by atoms with Crippen LogP contribution in [0.4, 0.5) is 0 Å². The lowest BCUT2D eigenvalue weighted by Crippen LogP contribution is -2.38. The van der Waals surface area contributed by atoms with E-state index in [9.17, 15) is 4.79 Å². The van der Waals surface area contributed by atoms with Crippen LogP contribution < -0.4 is 10.5 Å². The lowest BCUT2D eigenvalue weighted by atomic mass is 10.1. The molecule has 0 atom stereocenters. The number of benzene rings is 1. The second-order valence-corrected chi connectivity index (χ2v) is 4.68. The van der Waals surface area contributed by atoms with Crippen molar-refractivity contribution in [3.8, 4) is 5.75 Å². The minimum atomic E-state index is -0.0328. The highest BCUT2D eigenvalue weighted by Crippen LogP contribution is 2.19. The van der Waals surface area contributed by atoms with Crippen molar-refractivity contribution >= 4 is 5.91 Å². The Balaban J connectivity index is 2.85. The molecule has 1 amide bonds. The molecule has 0 radical (unpaired) electrons. The highest BCUT2D eigenvalue weighted by molar-refractivity contribution is 5.78. The fourth-order valence-corrected chi connectivity index (χ4v) is 1.86. The Labute approximate surface area is 109 Å². The van der Waals surface area contributed by atoms with Crippen LogP contribution in [-0.4, -0.2) is 31.0 Å². The summed E-state index contributed by atoms with van der Waals surface area (Å²) in [5.41, 5.74) is 6.45. The van der Waals surface area contributed by atoms with Crippen LogP contribution in [0.3, 0.4) is 0 Å². The second kappa shape index (κ2) is 7.01. The molecule has 0 bridgehead atoms. The fraction of sp³-hybridized carbons (Fsp3) is 0.500. The van der Waals surface area contributed by atoms with Crippen LogP contribution in [0.15, 0.2) is 24.3 Å². The molecule has 0 heterocycles. The van der Waals surface area contributed by atoms with Crippen LogP contribution in [0.1, 0.15) is 19.4 Å². The van der Waals surface area contributed by atoms with E-state index >= 15 is 0 Å². The summed E-state index contributed by atoms with van der Waals surface area (Å²) in [4.78, 5) is 13.6. The topological polar surface area (TPSA) is 55.6 Å². The Morgan fingerprint density at radius 3 is 2.61 bits per heavy atom. The average Bonchev–Trinajstić information content (AvgIpc) is 2.37. The number of ether oxygens (including phenoxy) is 1. The third-order valence-corrected chi connectivity index (χ3v) is 2.67. The number of nitrogens with two attached hydrogens (primary N) is 1. The normalized spacial score (nSPS) is 10.5. The molecule has 1 aromatic carbocycles. The number of hydrogen-bond donors (Lipinski definition) is 1. The van der Waals surface area contributed by atoms with Gasteiger partial charge in [0, 0.05) is 18.7 Å². The minimum Gasteiger partial charge on any atom is -0.496 e. The molecule has 4 nitrogen and oxygen atoms in total. The van der Waals surface area contributed by atoms with Gasteiger partial charge in [-0.2, -0.15) is 0 Å². The van der Waals surface area contributed by atoms with Gasteiger partial charge in [-0.15, -0.1) is 0 Å². The van der Waals surface area contributed by atoms with Crippen molar-refractivity contribution in [2.24, 2.45) is 11.7 Å². The van der Waals surface area contributed by atoms with Crippen molar-refractivity contribution < 1.29 is 9.53 Å². The first kappa shape index (κ1) is 14.5. The molecule has 0 saturated heterocycles. The maximum absolute atomic E-state index is 11.8. The van der Waals surface area contributed by atoms with Crippen molar-refractivity contribution in [3.05, 3.63) is 29.8 Å². The zero-order valence-corrected chi connectivity index (χ0v) is 11.3. The third-order valence-electron chi connectivity index (χ3n) is 2.67. The summed E-state index contributed by atoms with van der Waals surface area (Å²) < 4.78 is 5.30. The Morgan fingerprint density at radius 1 is 1.39 bits per heavy atom. The van der Waals surface area contributed by atoms with Gasteiger partial charge in [-0.1, -0.05) is 32.0 Å². The molecule has 1 aromatic rings. The highest BCUT2D eigenvalue weighted by Gasteiger charge is 2.15. The fourth-order valence-electron chi connectivity index (χ4n) is 1.86. The third kappa shape index (κ3) is 4.04. The molecule has 100 valence electrons. The summed E-state index contributed by atoms with van der Waals surface area (Å²) in [5, 5.41) is 0. The molecule has 0 saturated carbocycles.